The van der Waals surface area contributed by atoms with E-state index in [1.165, 1.54) is 0 Å². The van der Waals surface area contributed by atoms with Gasteiger partial charge >= 0.3 is 0 Å². The average molecular weight is 344 g/mol. The molecule has 0 saturated heterocycles. The van der Waals surface area contributed by atoms with Gasteiger partial charge in [-0.1, -0.05) is 6.07 Å². The van der Waals surface area contributed by atoms with Gasteiger partial charge in [0.15, 0.2) is 11.5 Å². The van der Waals surface area contributed by atoms with Crippen molar-refractivity contribution < 1.29 is 19.4 Å². The predicted octanol–water partition coefficient (Wildman–Crippen LogP) is 2.44. The highest BCUT2D eigenvalue weighted by atomic mass is 16.5. The summed E-state index contributed by atoms with van der Waals surface area (Å²) >= 11 is 0. The predicted molar refractivity (Wildman–Crippen MR) is 96.8 cm³/mol. The van der Waals surface area contributed by atoms with Gasteiger partial charge in [-0.2, -0.15) is 0 Å². The van der Waals surface area contributed by atoms with Gasteiger partial charge in [0.05, 0.1) is 19.8 Å². The van der Waals surface area contributed by atoms with Crippen LogP contribution in [0.15, 0.2) is 36.4 Å². The van der Waals surface area contributed by atoms with Crippen molar-refractivity contribution in [2.24, 2.45) is 0 Å². The van der Waals surface area contributed by atoms with Crippen LogP contribution in [0, 0.1) is 0 Å². The molecule has 4 N–H and O–H groups in total. The molecule has 0 aromatic heterocycles. The number of carbonyl (C=O) groups excluding carboxylic acids is 1. The van der Waals surface area contributed by atoms with E-state index in [0.717, 1.165) is 5.56 Å². The van der Waals surface area contributed by atoms with Crippen LogP contribution in [0.1, 0.15) is 35.3 Å². The van der Waals surface area contributed by atoms with E-state index in [0.29, 0.717) is 34.9 Å². The molecule has 0 aliphatic heterocycles. The van der Waals surface area contributed by atoms with E-state index in [4.69, 9.17) is 15.2 Å². The number of carbonyl (C=O) groups is 1. The molecule has 6 heteroatoms. The monoisotopic (exact) mass is 344 g/mol. The molecule has 0 bridgehead atoms. The molecule has 0 aliphatic rings. The first kappa shape index (κ1) is 18.6. The Balaban J connectivity index is 2.13. The summed E-state index contributed by atoms with van der Waals surface area (Å²) in [6.45, 7) is 3.59. The highest BCUT2D eigenvalue weighted by molar-refractivity contribution is 5.94. The number of nitrogens with two attached hydrogens (primary N) is 1. The van der Waals surface area contributed by atoms with E-state index < -0.39 is 5.60 Å². The fraction of sp³-hybridized carbons (Fsp3) is 0.316. The van der Waals surface area contributed by atoms with Crippen molar-refractivity contribution in [3.8, 4) is 11.5 Å². The fourth-order valence-corrected chi connectivity index (χ4v) is 2.50. The van der Waals surface area contributed by atoms with Crippen LogP contribution < -0.4 is 20.5 Å². The molecule has 1 amide bonds. The molecule has 0 radical (unpaired) electrons. The third-order valence-electron chi connectivity index (χ3n) is 3.88. The zero-order chi connectivity index (χ0) is 18.6. The molecular weight excluding hydrogens is 320 g/mol. The zero-order valence-electron chi connectivity index (χ0n) is 14.9. The van der Waals surface area contributed by atoms with Crippen LogP contribution in [0.2, 0.25) is 0 Å². The van der Waals surface area contributed by atoms with Crippen LogP contribution in [0.3, 0.4) is 0 Å². The molecule has 0 saturated carbocycles. The lowest BCUT2D eigenvalue weighted by atomic mass is 9.94. The SMILES string of the molecule is COc1ccc(CNC(=O)c2ccc(N)c(C(C)(C)O)c2)cc1OC. The van der Waals surface area contributed by atoms with Crippen molar-refractivity contribution in [2.75, 3.05) is 20.0 Å². The molecule has 134 valence electrons. The maximum absolute atomic E-state index is 12.4. The third-order valence-corrected chi connectivity index (χ3v) is 3.88. The maximum atomic E-state index is 12.4. The summed E-state index contributed by atoms with van der Waals surface area (Å²) < 4.78 is 10.4. The van der Waals surface area contributed by atoms with Gasteiger partial charge in [-0.3, -0.25) is 4.79 Å². The van der Waals surface area contributed by atoms with Crippen LogP contribution in [0.5, 0.6) is 11.5 Å². The maximum Gasteiger partial charge on any atom is 0.251 e. The zero-order valence-corrected chi connectivity index (χ0v) is 14.9. The fourth-order valence-electron chi connectivity index (χ4n) is 2.50. The summed E-state index contributed by atoms with van der Waals surface area (Å²) in [5.74, 6) is 0.984. The number of hydrogen-bond donors (Lipinski definition) is 3. The van der Waals surface area contributed by atoms with Crippen LogP contribution in [0.4, 0.5) is 5.69 Å². The minimum absolute atomic E-state index is 0.250. The Hall–Kier alpha value is -2.73. The second-order valence-electron chi connectivity index (χ2n) is 6.23. The normalized spacial score (nSPS) is 11.1. The molecule has 2 aromatic carbocycles. The number of anilines is 1. The van der Waals surface area contributed by atoms with Gasteiger partial charge in [0.1, 0.15) is 0 Å². The van der Waals surface area contributed by atoms with E-state index in [2.05, 4.69) is 5.32 Å². The first-order chi connectivity index (χ1) is 11.8. The molecular formula is C19H24N2O4. The summed E-state index contributed by atoms with van der Waals surface area (Å²) in [6, 6.07) is 10.3. The lowest BCUT2D eigenvalue weighted by Gasteiger charge is -2.20. The van der Waals surface area contributed by atoms with Gasteiger partial charge in [0, 0.05) is 23.4 Å². The standard InChI is InChI=1S/C19H24N2O4/c1-19(2,23)14-10-13(6-7-15(14)20)18(22)21-11-12-5-8-16(24-3)17(9-12)25-4/h5-10,23H,11,20H2,1-4H3,(H,21,22). The molecule has 6 nitrogen and oxygen atoms in total. The van der Waals surface area contributed by atoms with Crippen molar-refractivity contribution in [3.05, 3.63) is 53.1 Å². The minimum Gasteiger partial charge on any atom is -0.493 e. The van der Waals surface area contributed by atoms with Crippen LogP contribution in [-0.4, -0.2) is 25.2 Å². The lowest BCUT2D eigenvalue weighted by molar-refractivity contribution is 0.0792. The van der Waals surface area contributed by atoms with Gasteiger partial charge in [-0.05, 0) is 49.7 Å². The van der Waals surface area contributed by atoms with Gasteiger partial charge in [-0.25, -0.2) is 0 Å². The van der Waals surface area contributed by atoms with Crippen molar-refractivity contribution in [2.45, 2.75) is 26.0 Å². The quantitative estimate of drug-likeness (QED) is 0.700. The van der Waals surface area contributed by atoms with Crippen molar-refractivity contribution >= 4 is 11.6 Å². The Bertz CT molecular complexity index is 767. The van der Waals surface area contributed by atoms with E-state index in [9.17, 15) is 9.90 Å². The smallest absolute Gasteiger partial charge is 0.251 e. The van der Waals surface area contributed by atoms with Gasteiger partial charge in [-0.15, -0.1) is 0 Å². The lowest BCUT2D eigenvalue weighted by Crippen LogP contribution is -2.24. The number of nitrogens with one attached hydrogen (secondary N) is 1. The van der Waals surface area contributed by atoms with Gasteiger partial charge < -0.3 is 25.6 Å². The van der Waals surface area contributed by atoms with E-state index in [1.54, 1.807) is 52.3 Å². The Morgan fingerprint density at radius 1 is 1.12 bits per heavy atom. The summed E-state index contributed by atoms with van der Waals surface area (Å²) in [5, 5.41) is 13.0. The molecule has 0 spiro atoms. The number of rotatable bonds is 6. The number of amides is 1. The summed E-state index contributed by atoms with van der Waals surface area (Å²) in [5.41, 5.74) is 7.04. The van der Waals surface area contributed by atoms with Gasteiger partial charge in [0.25, 0.3) is 5.91 Å². The Morgan fingerprint density at radius 3 is 2.40 bits per heavy atom. The Morgan fingerprint density at radius 2 is 1.80 bits per heavy atom. The second kappa shape index (κ2) is 7.44. The third kappa shape index (κ3) is 4.42. The molecule has 0 aliphatic carbocycles. The number of benzene rings is 2. The molecule has 2 rings (SSSR count). The molecule has 25 heavy (non-hydrogen) atoms. The second-order valence-corrected chi connectivity index (χ2v) is 6.23. The van der Waals surface area contributed by atoms with Crippen LogP contribution in [0.25, 0.3) is 0 Å². The van der Waals surface area contributed by atoms with Crippen LogP contribution in [-0.2, 0) is 12.1 Å². The topological polar surface area (TPSA) is 93.8 Å². The van der Waals surface area contributed by atoms with Crippen molar-refractivity contribution in [1.29, 1.82) is 0 Å². The largest absolute Gasteiger partial charge is 0.493 e. The summed E-state index contributed by atoms with van der Waals surface area (Å²) in [6.07, 6.45) is 0. The number of nitrogen functional groups attached to an aromatic ring is 1. The summed E-state index contributed by atoms with van der Waals surface area (Å²) in [4.78, 5) is 12.4. The molecule has 0 atom stereocenters. The van der Waals surface area contributed by atoms with E-state index in [1.807, 2.05) is 12.1 Å². The van der Waals surface area contributed by atoms with Gasteiger partial charge in [0.2, 0.25) is 0 Å². The van der Waals surface area contributed by atoms with Crippen molar-refractivity contribution in [3.63, 3.8) is 0 Å². The van der Waals surface area contributed by atoms with Crippen molar-refractivity contribution in [1.82, 2.24) is 5.32 Å². The number of ether oxygens (including phenoxy) is 2. The average Bonchev–Trinajstić information content (AvgIpc) is 2.58. The number of methoxy groups -OCH3 is 2. The number of aliphatic hydroxyl groups is 1. The molecule has 0 unspecified atom stereocenters. The highest BCUT2D eigenvalue weighted by Crippen LogP contribution is 2.28. The Labute approximate surface area is 147 Å². The molecule has 2 aromatic rings. The first-order valence-corrected chi connectivity index (χ1v) is 7.87. The number of hydrogen-bond acceptors (Lipinski definition) is 5. The minimum atomic E-state index is -1.12. The van der Waals surface area contributed by atoms with E-state index >= 15 is 0 Å². The summed E-state index contributed by atoms with van der Waals surface area (Å²) in [7, 11) is 3.13. The first-order valence-electron chi connectivity index (χ1n) is 7.87. The molecule has 0 heterocycles. The Kier molecular flexibility index (Phi) is 5.54. The highest BCUT2D eigenvalue weighted by Gasteiger charge is 2.20. The molecule has 0 fully saturated rings. The van der Waals surface area contributed by atoms with Crippen LogP contribution >= 0.6 is 0 Å². The van der Waals surface area contributed by atoms with E-state index in [-0.39, 0.29) is 5.91 Å².